The number of benzene rings is 2. The first kappa shape index (κ1) is 19.7. The van der Waals surface area contributed by atoms with Gasteiger partial charge in [0, 0.05) is 36.8 Å². The molecule has 3 rings (SSSR count). The molecule has 0 atom stereocenters. The molecule has 0 radical (unpaired) electrons. The zero-order valence-electron chi connectivity index (χ0n) is 15.4. The number of carbonyl (C=O) groups excluding carboxylic acids is 2. The van der Waals surface area contributed by atoms with Crippen LogP contribution in [0.4, 0.5) is 5.69 Å². The van der Waals surface area contributed by atoms with Gasteiger partial charge >= 0.3 is 0 Å². The van der Waals surface area contributed by atoms with E-state index in [2.05, 4.69) is 0 Å². The molecular weight excluding hydrogens is 383 g/mol. The molecule has 2 aromatic carbocycles. The van der Waals surface area contributed by atoms with Gasteiger partial charge in [-0.05, 0) is 56.2 Å². The third-order valence-electron chi connectivity index (χ3n) is 4.70. The van der Waals surface area contributed by atoms with Gasteiger partial charge < -0.3 is 9.80 Å². The summed E-state index contributed by atoms with van der Waals surface area (Å²) in [5, 5.41) is 0.964. The summed E-state index contributed by atoms with van der Waals surface area (Å²) in [6.07, 6.45) is 1.42. The summed E-state index contributed by atoms with van der Waals surface area (Å²) in [5.74, 6) is 0.0284. The van der Waals surface area contributed by atoms with Gasteiger partial charge in [0.15, 0.2) is 0 Å². The largest absolute Gasteiger partial charge is 0.332 e. The van der Waals surface area contributed by atoms with Crippen molar-refractivity contribution < 1.29 is 9.59 Å². The molecule has 0 aromatic heterocycles. The van der Waals surface area contributed by atoms with Crippen molar-refractivity contribution in [2.75, 3.05) is 11.4 Å². The maximum atomic E-state index is 13.2. The van der Waals surface area contributed by atoms with Crippen molar-refractivity contribution in [2.45, 2.75) is 39.3 Å². The highest BCUT2D eigenvalue weighted by atomic mass is 35.5. The second kappa shape index (κ2) is 8.32. The van der Waals surface area contributed by atoms with E-state index >= 15 is 0 Å². The van der Waals surface area contributed by atoms with Gasteiger partial charge in [-0.2, -0.15) is 0 Å². The van der Waals surface area contributed by atoms with Crippen molar-refractivity contribution in [3.63, 3.8) is 0 Å². The molecule has 0 aliphatic carbocycles. The average molecular weight is 405 g/mol. The number of hydrogen-bond acceptors (Lipinski definition) is 2. The first-order valence-electron chi connectivity index (χ1n) is 9.02. The second-order valence-electron chi connectivity index (χ2n) is 6.97. The molecule has 1 fully saturated rings. The van der Waals surface area contributed by atoms with Crippen molar-refractivity contribution in [2.24, 2.45) is 0 Å². The van der Waals surface area contributed by atoms with Gasteiger partial charge in [-0.1, -0.05) is 35.3 Å². The third-order valence-corrected chi connectivity index (χ3v) is 5.44. The molecule has 1 aliphatic heterocycles. The molecule has 0 N–H and O–H groups in total. The molecule has 1 saturated heterocycles. The highest BCUT2D eigenvalue weighted by molar-refractivity contribution is 6.42. The Kier molecular flexibility index (Phi) is 6.08. The van der Waals surface area contributed by atoms with Crippen LogP contribution in [0.3, 0.4) is 0 Å². The molecule has 4 nitrogen and oxygen atoms in total. The van der Waals surface area contributed by atoms with Gasteiger partial charge in [-0.25, -0.2) is 0 Å². The number of carbonyl (C=O) groups is 2. The lowest BCUT2D eigenvalue weighted by molar-refractivity contribution is -0.117. The minimum Gasteiger partial charge on any atom is -0.332 e. The Balaban J connectivity index is 1.84. The SMILES string of the molecule is CC(C)N(Cc1ccc(Cl)c(Cl)c1)C(=O)c1cccc(N2CCCC2=O)c1. The number of halogens is 2. The molecule has 0 saturated carbocycles. The smallest absolute Gasteiger partial charge is 0.254 e. The molecule has 0 bridgehead atoms. The first-order valence-corrected chi connectivity index (χ1v) is 9.77. The Morgan fingerprint density at radius 2 is 1.93 bits per heavy atom. The fourth-order valence-corrected chi connectivity index (χ4v) is 3.54. The van der Waals surface area contributed by atoms with Crippen LogP contribution in [0.2, 0.25) is 10.0 Å². The summed E-state index contributed by atoms with van der Waals surface area (Å²) in [5.41, 5.74) is 2.26. The molecular formula is C21H22Cl2N2O2. The van der Waals surface area contributed by atoms with Crippen LogP contribution >= 0.6 is 23.2 Å². The maximum Gasteiger partial charge on any atom is 0.254 e. The van der Waals surface area contributed by atoms with Gasteiger partial charge in [0.1, 0.15) is 0 Å². The Bertz CT molecular complexity index is 867. The molecule has 0 unspecified atom stereocenters. The van der Waals surface area contributed by atoms with Crippen LogP contribution in [0.25, 0.3) is 0 Å². The predicted octanol–water partition coefficient (Wildman–Crippen LogP) is 5.17. The van der Waals surface area contributed by atoms with Crippen LogP contribution in [-0.4, -0.2) is 29.3 Å². The van der Waals surface area contributed by atoms with E-state index in [4.69, 9.17) is 23.2 Å². The first-order chi connectivity index (χ1) is 12.9. The maximum absolute atomic E-state index is 13.2. The molecule has 1 heterocycles. The molecule has 6 heteroatoms. The summed E-state index contributed by atoms with van der Waals surface area (Å²) < 4.78 is 0. The van der Waals surface area contributed by atoms with Crippen molar-refractivity contribution in [3.05, 3.63) is 63.6 Å². The van der Waals surface area contributed by atoms with Crippen LogP contribution in [-0.2, 0) is 11.3 Å². The molecule has 2 amide bonds. The van der Waals surface area contributed by atoms with Gasteiger partial charge in [-0.3, -0.25) is 9.59 Å². The molecule has 2 aromatic rings. The fraction of sp³-hybridized carbons (Fsp3) is 0.333. The minimum atomic E-state index is -0.0791. The van der Waals surface area contributed by atoms with E-state index in [0.717, 1.165) is 17.7 Å². The third kappa shape index (κ3) is 4.45. The van der Waals surface area contributed by atoms with Crippen molar-refractivity contribution in [3.8, 4) is 0 Å². The van der Waals surface area contributed by atoms with Crippen molar-refractivity contribution in [1.82, 2.24) is 4.90 Å². The van der Waals surface area contributed by atoms with E-state index in [1.54, 1.807) is 34.1 Å². The molecule has 142 valence electrons. The van der Waals surface area contributed by atoms with Crippen LogP contribution in [0.15, 0.2) is 42.5 Å². The van der Waals surface area contributed by atoms with Gasteiger partial charge in [0.25, 0.3) is 5.91 Å². The van der Waals surface area contributed by atoms with Crippen LogP contribution in [0.1, 0.15) is 42.6 Å². The Labute approximate surface area is 169 Å². The van der Waals surface area contributed by atoms with E-state index in [0.29, 0.717) is 35.1 Å². The average Bonchev–Trinajstić information content (AvgIpc) is 3.08. The summed E-state index contributed by atoms with van der Waals surface area (Å²) in [7, 11) is 0. The quantitative estimate of drug-likeness (QED) is 0.689. The number of anilines is 1. The zero-order chi connectivity index (χ0) is 19.6. The van der Waals surface area contributed by atoms with Crippen LogP contribution in [0, 0.1) is 0 Å². The van der Waals surface area contributed by atoms with E-state index in [-0.39, 0.29) is 17.9 Å². The molecule has 1 aliphatic rings. The van der Waals surface area contributed by atoms with Gasteiger partial charge in [0.05, 0.1) is 10.0 Å². The highest BCUT2D eigenvalue weighted by Crippen LogP contribution is 2.26. The number of amides is 2. The van der Waals surface area contributed by atoms with Crippen molar-refractivity contribution >= 4 is 40.7 Å². The number of rotatable bonds is 5. The standard InChI is InChI=1S/C21H22Cl2N2O2/c1-14(2)25(13-15-8-9-18(22)19(23)11-15)21(27)16-5-3-6-17(12-16)24-10-4-7-20(24)26/h3,5-6,8-9,11-12,14H,4,7,10,13H2,1-2H3. The highest BCUT2D eigenvalue weighted by Gasteiger charge is 2.24. The fourth-order valence-electron chi connectivity index (χ4n) is 3.22. The van der Waals surface area contributed by atoms with Crippen molar-refractivity contribution in [1.29, 1.82) is 0 Å². The summed E-state index contributed by atoms with van der Waals surface area (Å²) in [4.78, 5) is 28.7. The monoisotopic (exact) mass is 404 g/mol. The Morgan fingerprint density at radius 1 is 1.15 bits per heavy atom. The van der Waals surface area contributed by atoms with Gasteiger partial charge in [0.2, 0.25) is 5.91 Å². The van der Waals surface area contributed by atoms with E-state index in [9.17, 15) is 9.59 Å². The minimum absolute atomic E-state index is 0.00373. The van der Waals surface area contributed by atoms with E-state index in [1.165, 1.54) is 0 Å². The lowest BCUT2D eigenvalue weighted by Crippen LogP contribution is -2.36. The number of hydrogen-bond donors (Lipinski definition) is 0. The Morgan fingerprint density at radius 3 is 2.56 bits per heavy atom. The lowest BCUT2D eigenvalue weighted by Gasteiger charge is -2.27. The molecule has 0 spiro atoms. The summed E-state index contributed by atoms with van der Waals surface area (Å²) in [6, 6.07) is 12.7. The summed E-state index contributed by atoms with van der Waals surface area (Å²) >= 11 is 12.1. The van der Waals surface area contributed by atoms with Crippen LogP contribution in [0.5, 0.6) is 0 Å². The predicted molar refractivity (Wildman–Crippen MR) is 110 cm³/mol. The van der Waals surface area contributed by atoms with E-state index in [1.807, 2.05) is 32.0 Å². The Hall–Kier alpha value is -2.04. The molecule has 27 heavy (non-hydrogen) atoms. The number of nitrogens with zero attached hydrogens (tertiary/aromatic N) is 2. The van der Waals surface area contributed by atoms with Gasteiger partial charge in [-0.15, -0.1) is 0 Å². The van der Waals surface area contributed by atoms with E-state index < -0.39 is 0 Å². The lowest BCUT2D eigenvalue weighted by atomic mass is 10.1. The topological polar surface area (TPSA) is 40.6 Å². The second-order valence-corrected chi connectivity index (χ2v) is 7.79. The van der Waals surface area contributed by atoms with Crippen LogP contribution < -0.4 is 4.90 Å². The summed E-state index contributed by atoms with van der Waals surface area (Å²) in [6.45, 7) is 5.08. The zero-order valence-corrected chi connectivity index (χ0v) is 16.9. The normalized spacial score (nSPS) is 14.1.